The van der Waals surface area contributed by atoms with E-state index in [0.717, 1.165) is 6.07 Å². The van der Waals surface area contributed by atoms with E-state index in [2.05, 4.69) is 4.72 Å². The number of carbonyl (C=O) groups excluding carboxylic acids is 1. The molecule has 0 aromatic heterocycles. The van der Waals surface area contributed by atoms with Gasteiger partial charge in [-0.1, -0.05) is 30.3 Å². The van der Waals surface area contributed by atoms with Crippen molar-refractivity contribution in [2.24, 2.45) is 0 Å². The van der Waals surface area contributed by atoms with Gasteiger partial charge >= 0.3 is 0 Å². The zero-order valence-corrected chi connectivity index (χ0v) is 12.4. The Morgan fingerprint density at radius 1 is 1.13 bits per heavy atom. The van der Waals surface area contributed by atoms with Crippen molar-refractivity contribution in [3.8, 4) is 0 Å². The average molecular weight is 335 g/mol. The molecule has 0 atom stereocenters. The highest BCUT2D eigenvalue weighted by Gasteiger charge is 2.17. The van der Waals surface area contributed by atoms with E-state index in [4.69, 9.17) is 0 Å². The summed E-state index contributed by atoms with van der Waals surface area (Å²) in [6.45, 7) is -0.0850. The third-order valence-electron chi connectivity index (χ3n) is 2.99. The van der Waals surface area contributed by atoms with Gasteiger partial charge in [-0.15, -0.1) is 0 Å². The SMILES string of the molecule is O=C([O-])c1ccc(CNS(=O)(=O)c2cccc([N+](=O)[O-])c2)cc1. The second-order valence-electron chi connectivity index (χ2n) is 4.56. The lowest BCUT2D eigenvalue weighted by Gasteiger charge is -2.08. The molecule has 0 bridgehead atoms. The van der Waals surface area contributed by atoms with E-state index >= 15 is 0 Å². The highest BCUT2D eigenvalue weighted by Crippen LogP contribution is 2.17. The van der Waals surface area contributed by atoms with E-state index in [1.54, 1.807) is 0 Å². The molecule has 0 aliphatic carbocycles. The molecule has 8 nitrogen and oxygen atoms in total. The molecule has 0 amide bonds. The molecular formula is C14H11N2O6S-. The maximum atomic E-state index is 12.1. The number of hydrogen-bond acceptors (Lipinski definition) is 6. The van der Waals surface area contributed by atoms with Crippen molar-refractivity contribution < 1.29 is 23.2 Å². The molecule has 2 aromatic rings. The van der Waals surface area contributed by atoms with Crippen molar-refractivity contribution in [1.82, 2.24) is 4.72 Å². The van der Waals surface area contributed by atoms with Gasteiger partial charge < -0.3 is 9.90 Å². The van der Waals surface area contributed by atoms with Gasteiger partial charge in [-0.05, 0) is 17.2 Å². The van der Waals surface area contributed by atoms with Crippen molar-refractivity contribution in [3.05, 3.63) is 69.8 Å². The normalized spacial score (nSPS) is 11.1. The van der Waals surface area contributed by atoms with Crippen molar-refractivity contribution in [2.45, 2.75) is 11.4 Å². The van der Waals surface area contributed by atoms with Crippen molar-refractivity contribution in [2.75, 3.05) is 0 Å². The summed E-state index contributed by atoms with van der Waals surface area (Å²) in [5.41, 5.74) is 0.186. The van der Waals surface area contributed by atoms with Crippen LogP contribution >= 0.6 is 0 Å². The van der Waals surface area contributed by atoms with Crippen molar-refractivity contribution in [3.63, 3.8) is 0 Å². The number of hydrogen-bond donors (Lipinski definition) is 1. The number of benzene rings is 2. The first-order valence-corrected chi connectivity index (χ1v) is 7.82. The highest BCUT2D eigenvalue weighted by atomic mass is 32.2. The number of nitrogens with zero attached hydrogens (tertiary/aromatic N) is 1. The molecule has 23 heavy (non-hydrogen) atoms. The van der Waals surface area contributed by atoms with Crippen molar-refractivity contribution >= 4 is 21.7 Å². The van der Waals surface area contributed by atoms with Crippen LogP contribution in [-0.2, 0) is 16.6 Å². The summed E-state index contributed by atoms with van der Waals surface area (Å²) >= 11 is 0. The van der Waals surface area contributed by atoms with Crippen LogP contribution in [0.25, 0.3) is 0 Å². The quantitative estimate of drug-likeness (QED) is 0.602. The van der Waals surface area contributed by atoms with Crippen LogP contribution in [0.2, 0.25) is 0 Å². The molecule has 0 heterocycles. The third kappa shape index (κ3) is 4.11. The van der Waals surface area contributed by atoms with Crippen LogP contribution in [0.15, 0.2) is 53.4 Å². The van der Waals surface area contributed by atoms with Gasteiger partial charge in [0.05, 0.1) is 15.8 Å². The Labute approximate surface area is 131 Å². The van der Waals surface area contributed by atoms with Gasteiger partial charge in [-0.3, -0.25) is 10.1 Å². The number of rotatable bonds is 6. The van der Waals surface area contributed by atoms with Gasteiger partial charge in [0, 0.05) is 18.7 Å². The molecule has 0 radical (unpaired) electrons. The Bertz CT molecular complexity index is 846. The van der Waals surface area contributed by atoms with E-state index in [1.165, 1.54) is 42.5 Å². The number of carbonyl (C=O) groups is 1. The number of sulfonamides is 1. The zero-order chi connectivity index (χ0) is 17.0. The van der Waals surface area contributed by atoms with Crippen LogP contribution in [0.4, 0.5) is 5.69 Å². The Hall–Kier alpha value is -2.78. The molecule has 1 N–H and O–H groups in total. The Morgan fingerprint density at radius 2 is 1.78 bits per heavy atom. The van der Waals surface area contributed by atoms with Gasteiger partial charge in [-0.25, -0.2) is 13.1 Å². The fourth-order valence-corrected chi connectivity index (χ4v) is 2.84. The molecule has 2 aromatic carbocycles. The summed E-state index contributed by atoms with van der Waals surface area (Å²) in [4.78, 5) is 20.4. The first-order valence-electron chi connectivity index (χ1n) is 6.34. The second-order valence-corrected chi connectivity index (χ2v) is 6.33. The minimum atomic E-state index is -3.92. The molecule has 0 aliphatic heterocycles. The largest absolute Gasteiger partial charge is 0.545 e. The fraction of sp³-hybridized carbons (Fsp3) is 0.0714. The number of nitro groups is 1. The van der Waals surface area contributed by atoms with E-state index in [9.17, 15) is 28.4 Å². The van der Waals surface area contributed by atoms with Crippen LogP contribution in [0.1, 0.15) is 15.9 Å². The third-order valence-corrected chi connectivity index (χ3v) is 4.39. The minimum absolute atomic E-state index is 0.0182. The predicted octanol–water partition coefficient (Wildman–Crippen LogP) is 0.437. The van der Waals surface area contributed by atoms with Gasteiger partial charge in [-0.2, -0.15) is 0 Å². The van der Waals surface area contributed by atoms with E-state index < -0.39 is 20.9 Å². The lowest BCUT2D eigenvalue weighted by atomic mass is 10.1. The summed E-state index contributed by atoms with van der Waals surface area (Å²) in [6.07, 6.45) is 0. The van der Waals surface area contributed by atoms with Crippen LogP contribution in [0, 0.1) is 10.1 Å². The average Bonchev–Trinajstić information content (AvgIpc) is 2.53. The summed E-state index contributed by atoms with van der Waals surface area (Å²) in [6, 6.07) is 10.2. The maximum absolute atomic E-state index is 12.1. The maximum Gasteiger partial charge on any atom is 0.270 e. The Morgan fingerprint density at radius 3 is 2.35 bits per heavy atom. The summed E-state index contributed by atoms with van der Waals surface area (Å²) in [5.74, 6) is -1.33. The molecule has 9 heteroatoms. The monoisotopic (exact) mass is 335 g/mol. The molecular weight excluding hydrogens is 324 g/mol. The molecule has 0 unspecified atom stereocenters. The Balaban J connectivity index is 2.14. The Kier molecular flexibility index (Phi) is 4.72. The summed E-state index contributed by atoms with van der Waals surface area (Å²) in [7, 11) is -3.92. The molecule has 120 valence electrons. The molecule has 0 saturated carbocycles. The van der Waals surface area contributed by atoms with Gasteiger partial charge in [0.15, 0.2) is 0 Å². The van der Waals surface area contributed by atoms with Crippen LogP contribution in [0.3, 0.4) is 0 Å². The molecule has 2 rings (SSSR count). The zero-order valence-electron chi connectivity index (χ0n) is 11.6. The number of carboxylic acid groups (broad SMARTS) is 1. The molecule has 0 saturated heterocycles. The number of carboxylic acids is 1. The summed E-state index contributed by atoms with van der Waals surface area (Å²) < 4.78 is 26.5. The van der Waals surface area contributed by atoms with Crippen LogP contribution in [0.5, 0.6) is 0 Å². The van der Waals surface area contributed by atoms with Gasteiger partial charge in [0.1, 0.15) is 0 Å². The standard InChI is InChI=1S/C14H12N2O6S/c17-14(18)11-6-4-10(5-7-11)9-15-23(21,22)13-3-1-2-12(8-13)16(19)20/h1-8,15H,9H2,(H,17,18)/p-1. The van der Waals surface area contributed by atoms with Crippen LogP contribution < -0.4 is 9.83 Å². The van der Waals surface area contributed by atoms with E-state index in [0.29, 0.717) is 5.56 Å². The smallest absolute Gasteiger partial charge is 0.270 e. The minimum Gasteiger partial charge on any atom is -0.545 e. The molecule has 0 spiro atoms. The predicted molar refractivity (Wildman–Crippen MR) is 77.9 cm³/mol. The highest BCUT2D eigenvalue weighted by molar-refractivity contribution is 7.89. The number of aromatic carboxylic acids is 1. The van der Waals surface area contributed by atoms with E-state index in [-0.39, 0.29) is 22.7 Å². The number of non-ortho nitro benzene ring substituents is 1. The second kappa shape index (κ2) is 6.55. The van der Waals surface area contributed by atoms with Crippen LogP contribution in [-0.4, -0.2) is 19.3 Å². The molecule has 0 fully saturated rings. The lowest BCUT2D eigenvalue weighted by molar-refractivity contribution is -0.385. The number of nitro benzene ring substituents is 1. The van der Waals surface area contributed by atoms with E-state index in [1.807, 2.05) is 0 Å². The summed E-state index contributed by atoms with van der Waals surface area (Å²) in [5, 5.41) is 21.3. The lowest BCUT2D eigenvalue weighted by Crippen LogP contribution is -2.24. The first kappa shape index (κ1) is 16.6. The first-order chi connectivity index (χ1) is 10.8. The van der Waals surface area contributed by atoms with Gasteiger partial charge in [0.25, 0.3) is 5.69 Å². The van der Waals surface area contributed by atoms with Gasteiger partial charge in [0.2, 0.25) is 10.0 Å². The number of nitrogens with one attached hydrogen (secondary N) is 1. The topological polar surface area (TPSA) is 129 Å². The molecule has 0 aliphatic rings. The van der Waals surface area contributed by atoms with Crippen molar-refractivity contribution in [1.29, 1.82) is 0 Å². The fourth-order valence-electron chi connectivity index (χ4n) is 1.78.